The van der Waals surface area contributed by atoms with E-state index in [1.807, 2.05) is 17.7 Å². The molecule has 0 radical (unpaired) electrons. The Labute approximate surface area is 80.8 Å². The van der Waals surface area contributed by atoms with Gasteiger partial charge in [0.15, 0.2) is 0 Å². The number of nitrogens with one attached hydrogen (secondary N) is 1. The van der Waals surface area contributed by atoms with Crippen LogP contribution in [0.3, 0.4) is 0 Å². The molecular weight excluding hydrogens is 180 g/mol. The number of rotatable bonds is 1. The van der Waals surface area contributed by atoms with Crippen LogP contribution in [0.15, 0.2) is 18.5 Å². The van der Waals surface area contributed by atoms with Crippen LogP contribution >= 0.6 is 0 Å². The molecule has 2 heterocycles. The van der Waals surface area contributed by atoms with E-state index in [1.54, 1.807) is 12.4 Å². The third-order valence-electron chi connectivity index (χ3n) is 1.97. The van der Waals surface area contributed by atoms with Crippen molar-refractivity contribution in [1.29, 1.82) is 0 Å². The fraction of sp³-hybridized carbons (Fsp3) is 0.222. The van der Waals surface area contributed by atoms with E-state index in [4.69, 9.17) is 0 Å². The van der Waals surface area contributed by atoms with Crippen LogP contribution in [-0.2, 0) is 11.8 Å². The van der Waals surface area contributed by atoms with Crippen molar-refractivity contribution >= 4 is 22.9 Å². The van der Waals surface area contributed by atoms with Gasteiger partial charge in [-0.1, -0.05) is 0 Å². The molecule has 0 aliphatic rings. The van der Waals surface area contributed by atoms with Crippen molar-refractivity contribution < 1.29 is 4.79 Å². The summed E-state index contributed by atoms with van der Waals surface area (Å²) in [7, 11) is 1.85. The predicted molar refractivity (Wildman–Crippen MR) is 52.8 cm³/mol. The zero-order chi connectivity index (χ0) is 10.1. The number of anilines is 1. The standard InChI is InChI=1S/C9H10N4O/c1-6(14)11-9-12-7-5-10-4-3-8(7)13(9)2/h3-5H,1-2H3,(H,11,12,14). The van der Waals surface area contributed by atoms with Crippen LogP contribution in [-0.4, -0.2) is 20.4 Å². The van der Waals surface area contributed by atoms with Crippen molar-refractivity contribution in [2.75, 3.05) is 5.32 Å². The van der Waals surface area contributed by atoms with Gasteiger partial charge in [0.1, 0.15) is 5.52 Å². The Balaban J connectivity index is 2.57. The topological polar surface area (TPSA) is 59.8 Å². The lowest BCUT2D eigenvalue weighted by molar-refractivity contribution is -0.114. The number of pyridine rings is 1. The van der Waals surface area contributed by atoms with Gasteiger partial charge in [-0.2, -0.15) is 0 Å². The fourth-order valence-electron chi connectivity index (χ4n) is 1.32. The number of aromatic nitrogens is 3. The molecular formula is C9H10N4O. The lowest BCUT2D eigenvalue weighted by Crippen LogP contribution is -2.10. The number of amides is 1. The Morgan fingerprint density at radius 2 is 2.36 bits per heavy atom. The first kappa shape index (κ1) is 8.68. The SMILES string of the molecule is CC(=O)Nc1nc2cnccc2n1C. The zero-order valence-corrected chi connectivity index (χ0v) is 7.98. The van der Waals surface area contributed by atoms with Gasteiger partial charge >= 0.3 is 0 Å². The molecule has 5 nitrogen and oxygen atoms in total. The van der Waals surface area contributed by atoms with Gasteiger partial charge < -0.3 is 4.57 Å². The second-order valence-corrected chi connectivity index (χ2v) is 3.04. The summed E-state index contributed by atoms with van der Waals surface area (Å²) in [5.41, 5.74) is 1.72. The molecule has 0 aliphatic heterocycles. The Morgan fingerprint density at radius 3 is 3.00 bits per heavy atom. The molecule has 1 N–H and O–H groups in total. The summed E-state index contributed by atoms with van der Waals surface area (Å²) in [5.74, 6) is 0.414. The molecule has 2 rings (SSSR count). The van der Waals surface area contributed by atoms with E-state index in [9.17, 15) is 4.79 Å². The van der Waals surface area contributed by atoms with Crippen molar-refractivity contribution in [3.63, 3.8) is 0 Å². The first-order chi connectivity index (χ1) is 6.68. The van der Waals surface area contributed by atoms with Gasteiger partial charge in [0.2, 0.25) is 11.9 Å². The number of carbonyl (C=O) groups excluding carboxylic acids is 1. The molecule has 0 unspecified atom stereocenters. The first-order valence-electron chi connectivity index (χ1n) is 4.22. The molecule has 2 aromatic heterocycles. The number of carbonyl (C=O) groups is 1. The van der Waals surface area contributed by atoms with Gasteiger partial charge in [0, 0.05) is 20.2 Å². The fourth-order valence-corrected chi connectivity index (χ4v) is 1.32. The van der Waals surface area contributed by atoms with E-state index in [2.05, 4.69) is 15.3 Å². The van der Waals surface area contributed by atoms with Crippen LogP contribution in [0.2, 0.25) is 0 Å². The minimum Gasteiger partial charge on any atom is -0.313 e. The number of aryl methyl sites for hydroxylation is 1. The van der Waals surface area contributed by atoms with Gasteiger partial charge in [0.25, 0.3) is 0 Å². The molecule has 0 fully saturated rings. The van der Waals surface area contributed by atoms with Crippen LogP contribution in [0.5, 0.6) is 0 Å². The van der Waals surface area contributed by atoms with E-state index in [0.717, 1.165) is 11.0 Å². The minimum absolute atomic E-state index is 0.128. The van der Waals surface area contributed by atoms with Crippen LogP contribution in [0.4, 0.5) is 5.95 Å². The van der Waals surface area contributed by atoms with Gasteiger partial charge in [-0.15, -0.1) is 0 Å². The normalized spacial score (nSPS) is 10.4. The second kappa shape index (κ2) is 3.10. The molecule has 14 heavy (non-hydrogen) atoms. The van der Waals surface area contributed by atoms with Gasteiger partial charge in [-0.05, 0) is 6.07 Å². The summed E-state index contributed by atoms with van der Waals surface area (Å²) in [4.78, 5) is 19.0. The molecule has 5 heteroatoms. The highest BCUT2D eigenvalue weighted by Crippen LogP contribution is 2.15. The Bertz CT molecular complexity index is 489. The van der Waals surface area contributed by atoms with Gasteiger partial charge in [-0.25, -0.2) is 4.98 Å². The molecule has 0 bridgehead atoms. The van der Waals surface area contributed by atoms with E-state index in [0.29, 0.717) is 5.95 Å². The first-order valence-corrected chi connectivity index (χ1v) is 4.22. The molecule has 0 aliphatic carbocycles. The molecule has 1 amide bonds. The smallest absolute Gasteiger partial charge is 0.223 e. The Morgan fingerprint density at radius 1 is 1.57 bits per heavy atom. The van der Waals surface area contributed by atoms with Crippen molar-refractivity contribution in [1.82, 2.24) is 14.5 Å². The van der Waals surface area contributed by atoms with Crippen LogP contribution < -0.4 is 5.32 Å². The summed E-state index contributed by atoms with van der Waals surface area (Å²) < 4.78 is 1.82. The average molecular weight is 190 g/mol. The van der Waals surface area contributed by atoms with Crippen molar-refractivity contribution in [3.8, 4) is 0 Å². The van der Waals surface area contributed by atoms with Crippen molar-refractivity contribution in [3.05, 3.63) is 18.5 Å². The van der Waals surface area contributed by atoms with Crippen LogP contribution in [0.25, 0.3) is 11.0 Å². The lowest BCUT2D eigenvalue weighted by Gasteiger charge is -2.00. The monoisotopic (exact) mass is 190 g/mol. The highest BCUT2D eigenvalue weighted by Gasteiger charge is 2.07. The Hall–Kier alpha value is -1.91. The van der Waals surface area contributed by atoms with Crippen LogP contribution in [0.1, 0.15) is 6.92 Å². The number of nitrogens with zero attached hydrogens (tertiary/aromatic N) is 3. The summed E-state index contributed by atoms with van der Waals surface area (Å²) in [6.45, 7) is 1.46. The van der Waals surface area contributed by atoms with E-state index in [1.165, 1.54) is 6.92 Å². The molecule has 0 atom stereocenters. The maximum absolute atomic E-state index is 10.9. The van der Waals surface area contributed by atoms with E-state index < -0.39 is 0 Å². The molecule has 0 spiro atoms. The molecule has 2 aromatic rings. The van der Waals surface area contributed by atoms with Gasteiger partial charge in [-0.3, -0.25) is 15.1 Å². The Kier molecular flexibility index (Phi) is 1.92. The quantitative estimate of drug-likeness (QED) is 0.727. The zero-order valence-electron chi connectivity index (χ0n) is 7.98. The second-order valence-electron chi connectivity index (χ2n) is 3.04. The van der Waals surface area contributed by atoms with Crippen molar-refractivity contribution in [2.24, 2.45) is 7.05 Å². The number of fused-ring (bicyclic) bond motifs is 1. The van der Waals surface area contributed by atoms with E-state index >= 15 is 0 Å². The van der Waals surface area contributed by atoms with E-state index in [-0.39, 0.29) is 5.91 Å². The summed E-state index contributed by atoms with van der Waals surface area (Å²) in [6.07, 6.45) is 3.36. The lowest BCUT2D eigenvalue weighted by atomic mass is 10.4. The third kappa shape index (κ3) is 1.32. The van der Waals surface area contributed by atoms with Crippen LogP contribution in [0, 0.1) is 0 Å². The summed E-state index contributed by atoms with van der Waals surface area (Å²) in [6, 6.07) is 1.85. The largest absolute Gasteiger partial charge is 0.313 e. The maximum Gasteiger partial charge on any atom is 0.223 e. The predicted octanol–water partition coefficient (Wildman–Crippen LogP) is 0.927. The number of hydrogen-bond acceptors (Lipinski definition) is 3. The highest BCUT2D eigenvalue weighted by molar-refractivity contribution is 5.89. The molecule has 72 valence electrons. The minimum atomic E-state index is -0.128. The van der Waals surface area contributed by atoms with Gasteiger partial charge in [0.05, 0.1) is 11.7 Å². The third-order valence-corrected chi connectivity index (χ3v) is 1.97. The summed E-state index contributed by atoms with van der Waals surface area (Å²) in [5, 5.41) is 2.65. The highest BCUT2D eigenvalue weighted by atomic mass is 16.1. The average Bonchev–Trinajstić information content (AvgIpc) is 2.44. The molecule has 0 saturated carbocycles. The maximum atomic E-state index is 10.9. The summed E-state index contributed by atoms with van der Waals surface area (Å²) >= 11 is 0. The number of hydrogen-bond donors (Lipinski definition) is 1. The molecule has 0 aromatic carbocycles. The number of imidazole rings is 1. The molecule has 0 saturated heterocycles. The van der Waals surface area contributed by atoms with Crippen molar-refractivity contribution in [2.45, 2.75) is 6.92 Å².